The number of piperazine rings is 1. The maximum Gasteiger partial charge on any atom is 0.127 e. The van der Waals surface area contributed by atoms with E-state index in [9.17, 15) is 0 Å². The average Bonchev–Trinajstić information content (AvgIpc) is 3.35. The van der Waals surface area contributed by atoms with Gasteiger partial charge in [0, 0.05) is 37.4 Å². The topological polar surface area (TPSA) is 15.7 Å². The summed E-state index contributed by atoms with van der Waals surface area (Å²) >= 11 is 0. The molecule has 2 bridgehead atoms. The molecule has 3 heteroatoms. The number of anilines is 1. The van der Waals surface area contributed by atoms with Crippen molar-refractivity contribution in [3.05, 3.63) is 90.0 Å². The number of likely N-dealkylation sites (tertiary alicyclic amines) is 1. The third-order valence-corrected chi connectivity index (χ3v) is 6.43. The van der Waals surface area contributed by atoms with Gasteiger partial charge in [0.1, 0.15) is 11.5 Å². The van der Waals surface area contributed by atoms with E-state index in [1.165, 1.54) is 36.3 Å². The van der Waals surface area contributed by atoms with E-state index in [0.717, 1.165) is 24.5 Å². The van der Waals surface area contributed by atoms with Gasteiger partial charge >= 0.3 is 0 Å². The summed E-state index contributed by atoms with van der Waals surface area (Å²) in [5, 5.41) is 0. The van der Waals surface area contributed by atoms with E-state index in [1.54, 1.807) is 0 Å². The predicted octanol–water partition coefficient (Wildman–Crippen LogP) is 5.29. The maximum absolute atomic E-state index is 5.93. The van der Waals surface area contributed by atoms with Gasteiger partial charge in [-0.2, -0.15) is 0 Å². The van der Waals surface area contributed by atoms with Crippen molar-refractivity contribution in [2.24, 2.45) is 0 Å². The largest absolute Gasteiger partial charge is 0.457 e. The molecule has 0 radical (unpaired) electrons. The maximum atomic E-state index is 5.93. The first kappa shape index (κ1) is 18.3. The molecular formula is C26H28N2O. The van der Waals surface area contributed by atoms with Crippen LogP contribution in [0.4, 0.5) is 5.69 Å². The molecule has 0 aromatic heterocycles. The molecule has 0 amide bonds. The highest BCUT2D eigenvalue weighted by atomic mass is 16.5. The van der Waals surface area contributed by atoms with Gasteiger partial charge in [0.25, 0.3) is 0 Å². The number of nitrogens with zero attached hydrogens (tertiary/aromatic N) is 2. The Bertz CT molecular complexity index is 954. The van der Waals surface area contributed by atoms with E-state index in [1.807, 2.05) is 30.3 Å². The van der Waals surface area contributed by atoms with Crippen molar-refractivity contribution in [3.8, 4) is 11.5 Å². The average molecular weight is 385 g/mol. The molecule has 0 saturated carbocycles. The Hall–Kier alpha value is -2.78. The Balaban J connectivity index is 1.18. The van der Waals surface area contributed by atoms with E-state index in [-0.39, 0.29) is 0 Å². The first-order chi connectivity index (χ1) is 14.3. The molecular weight excluding hydrogens is 356 g/mol. The third-order valence-electron chi connectivity index (χ3n) is 6.43. The smallest absolute Gasteiger partial charge is 0.127 e. The highest BCUT2D eigenvalue weighted by Gasteiger charge is 2.42. The number of hydrogen-bond donors (Lipinski definition) is 0. The molecule has 0 spiro atoms. The molecule has 2 unspecified atom stereocenters. The molecule has 3 aromatic carbocycles. The summed E-state index contributed by atoms with van der Waals surface area (Å²) in [7, 11) is 0. The number of ether oxygens (including phenoxy) is 1. The van der Waals surface area contributed by atoms with Crippen LogP contribution >= 0.6 is 0 Å². The lowest BCUT2D eigenvalue weighted by Gasteiger charge is -2.35. The molecule has 5 rings (SSSR count). The zero-order chi connectivity index (χ0) is 19.6. The fourth-order valence-corrected chi connectivity index (χ4v) is 4.82. The zero-order valence-electron chi connectivity index (χ0n) is 17.0. The van der Waals surface area contributed by atoms with Crippen LogP contribution in [0.25, 0.3) is 0 Å². The van der Waals surface area contributed by atoms with Crippen LogP contribution in [0.15, 0.2) is 78.9 Å². The SMILES string of the molecule is Cc1ccccc1CCN1CC2CC1CN2c1ccc(Oc2ccccc2)cc1. The van der Waals surface area contributed by atoms with Gasteiger partial charge in [0.05, 0.1) is 0 Å². The Kier molecular flexibility index (Phi) is 4.99. The number of rotatable bonds is 6. The van der Waals surface area contributed by atoms with E-state index < -0.39 is 0 Å². The minimum absolute atomic E-state index is 0.637. The molecule has 3 aromatic rings. The van der Waals surface area contributed by atoms with Crippen LogP contribution in [0, 0.1) is 6.92 Å². The number of hydrogen-bond acceptors (Lipinski definition) is 3. The van der Waals surface area contributed by atoms with E-state index in [2.05, 4.69) is 65.3 Å². The van der Waals surface area contributed by atoms with Crippen LogP contribution in [0.3, 0.4) is 0 Å². The van der Waals surface area contributed by atoms with Crippen LogP contribution < -0.4 is 9.64 Å². The van der Waals surface area contributed by atoms with Crippen LogP contribution in [0.1, 0.15) is 17.5 Å². The van der Waals surface area contributed by atoms with Crippen LogP contribution in [0.2, 0.25) is 0 Å². The molecule has 0 aliphatic carbocycles. The lowest BCUT2D eigenvalue weighted by molar-refractivity contribution is 0.241. The van der Waals surface area contributed by atoms with Crippen LogP contribution in [0.5, 0.6) is 11.5 Å². The molecule has 2 atom stereocenters. The van der Waals surface area contributed by atoms with Gasteiger partial charge in [-0.15, -0.1) is 0 Å². The summed E-state index contributed by atoms with van der Waals surface area (Å²) in [6.45, 7) is 5.71. The van der Waals surface area contributed by atoms with E-state index >= 15 is 0 Å². The number of benzene rings is 3. The minimum atomic E-state index is 0.637. The number of aryl methyl sites for hydroxylation is 1. The van der Waals surface area contributed by atoms with Gasteiger partial charge in [-0.1, -0.05) is 42.5 Å². The van der Waals surface area contributed by atoms with Gasteiger partial charge < -0.3 is 9.64 Å². The van der Waals surface area contributed by atoms with Crippen molar-refractivity contribution in [1.29, 1.82) is 0 Å². The number of para-hydroxylation sites is 1. The van der Waals surface area contributed by atoms with E-state index in [4.69, 9.17) is 4.74 Å². The summed E-state index contributed by atoms with van der Waals surface area (Å²) in [6, 6.07) is 28.7. The summed E-state index contributed by atoms with van der Waals surface area (Å²) in [5.41, 5.74) is 4.22. The molecule has 2 heterocycles. The Morgan fingerprint density at radius 3 is 2.24 bits per heavy atom. The minimum Gasteiger partial charge on any atom is -0.457 e. The van der Waals surface area contributed by atoms with E-state index in [0.29, 0.717) is 12.1 Å². The lowest BCUT2D eigenvalue weighted by Crippen LogP contribution is -2.47. The van der Waals surface area contributed by atoms with Crippen molar-refractivity contribution in [2.75, 3.05) is 24.5 Å². The first-order valence-electron chi connectivity index (χ1n) is 10.6. The lowest BCUT2D eigenvalue weighted by atomic mass is 10.1. The monoisotopic (exact) mass is 384 g/mol. The summed E-state index contributed by atoms with van der Waals surface area (Å²) in [6.07, 6.45) is 2.44. The molecule has 2 fully saturated rings. The van der Waals surface area contributed by atoms with Crippen molar-refractivity contribution >= 4 is 5.69 Å². The number of fused-ring (bicyclic) bond motifs is 2. The van der Waals surface area contributed by atoms with Crippen molar-refractivity contribution in [3.63, 3.8) is 0 Å². The fourth-order valence-electron chi connectivity index (χ4n) is 4.82. The molecule has 29 heavy (non-hydrogen) atoms. The molecule has 2 aliphatic rings. The van der Waals surface area contributed by atoms with Crippen molar-refractivity contribution in [1.82, 2.24) is 4.90 Å². The second-order valence-electron chi connectivity index (χ2n) is 8.28. The van der Waals surface area contributed by atoms with Gasteiger partial charge in [-0.3, -0.25) is 4.90 Å². The normalized spacial score (nSPS) is 20.9. The molecule has 148 valence electrons. The summed E-state index contributed by atoms with van der Waals surface area (Å²) in [5.74, 6) is 1.77. The van der Waals surface area contributed by atoms with Gasteiger partial charge in [0.2, 0.25) is 0 Å². The molecule has 0 N–H and O–H groups in total. The fraction of sp³-hybridized carbons (Fsp3) is 0.308. The second kappa shape index (κ2) is 7.92. The zero-order valence-corrected chi connectivity index (χ0v) is 17.0. The second-order valence-corrected chi connectivity index (χ2v) is 8.28. The van der Waals surface area contributed by atoms with Crippen molar-refractivity contribution < 1.29 is 4.74 Å². The predicted molar refractivity (Wildman–Crippen MR) is 119 cm³/mol. The highest BCUT2D eigenvalue weighted by molar-refractivity contribution is 5.52. The highest BCUT2D eigenvalue weighted by Crippen LogP contribution is 2.35. The first-order valence-corrected chi connectivity index (χ1v) is 10.6. The molecule has 3 nitrogen and oxygen atoms in total. The van der Waals surface area contributed by atoms with Crippen LogP contribution in [-0.4, -0.2) is 36.6 Å². The summed E-state index contributed by atoms with van der Waals surface area (Å²) < 4.78 is 5.93. The molecule has 2 saturated heterocycles. The molecule has 2 aliphatic heterocycles. The van der Waals surface area contributed by atoms with Crippen LogP contribution in [-0.2, 0) is 6.42 Å². The Morgan fingerprint density at radius 2 is 1.52 bits per heavy atom. The third kappa shape index (κ3) is 3.88. The Labute approximate surface area is 173 Å². The van der Waals surface area contributed by atoms with Gasteiger partial charge in [0.15, 0.2) is 0 Å². The standard InChI is InChI=1S/C26H28N2O/c1-20-7-5-6-8-21(20)15-16-27-18-24-17-23(27)19-28(24)22-11-13-26(14-12-22)29-25-9-3-2-4-10-25/h2-14,23-24H,15-19H2,1H3. The summed E-state index contributed by atoms with van der Waals surface area (Å²) in [4.78, 5) is 5.28. The van der Waals surface area contributed by atoms with Crippen molar-refractivity contribution in [2.45, 2.75) is 31.8 Å². The van der Waals surface area contributed by atoms with Gasteiger partial charge in [-0.25, -0.2) is 0 Å². The Morgan fingerprint density at radius 1 is 0.793 bits per heavy atom. The quantitative estimate of drug-likeness (QED) is 0.574. The van der Waals surface area contributed by atoms with Gasteiger partial charge in [-0.05, 0) is 67.3 Å².